The standard InChI is InChI=1S/C14H14N4O2S/c1-9-10(2)17-18(14(20)12(9)6-15)8-13(19)16-7-11-4-3-5-21-11/h3-5H,7-8H2,1-2H3,(H,16,19). The van der Waals surface area contributed by atoms with Gasteiger partial charge in [0, 0.05) is 4.88 Å². The lowest BCUT2D eigenvalue weighted by Crippen LogP contribution is -2.35. The second-order valence-corrected chi connectivity index (χ2v) is 5.55. The third-order valence-electron chi connectivity index (χ3n) is 3.08. The number of hydrogen-bond acceptors (Lipinski definition) is 5. The van der Waals surface area contributed by atoms with E-state index in [0.29, 0.717) is 17.8 Å². The maximum atomic E-state index is 12.0. The molecular formula is C14H14N4O2S. The van der Waals surface area contributed by atoms with Gasteiger partial charge < -0.3 is 5.32 Å². The number of thiophene rings is 1. The van der Waals surface area contributed by atoms with Crippen molar-refractivity contribution in [3.05, 3.63) is 49.6 Å². The summed E-state index contributed by atoms with van der Waals surface area (Å²) in [4.78, 5) is 24.9. The molecule has 108 valence electrons. The first kappa shape index (κ1) is 14.9. The number of carbonyl (C=O) groups excluding carboxylic acids is 1. The van der Waals surface area contributed by atoms with Gasteiger partial charge in [-0.05, 0) is 30.9 Å². The molecule has 6 nitrogen and oxygen atoms in total. The Kier molecular flexibility index (Phi) is 4.50. The molecule has 0 aromatic carbocycles. The Balaban J connectivity index is 2.13. The van der Waals surface area contributed by atoms with Gasteiger partial charge in [-0.15, -0.1) is 11.3 Å². The van der Waals surface area contributed by atoms with Crippen LogP contribution in [0.25, 0.3) is 0 Å². The van der Waals surface area contributed by atoms with Gasteiger partial charge in [-0.2, -0.15) is 10.4 Å². The van der Waals surface area contributed by atoms with Crippen LogP contribution in [-0.4, -0.2) is 15.7 Å². The van der Waals surface area contributed by atoms with Crippen molar-refractivity contribution in [3.8, 4) is 6.07 Å². The van der Waals surface area contributed by atoms with Crippen LogP contribution in [-0.2, 0) is 17.9 Å². The molecule has 1 amide bonds. The summed E-state index contributed by atoms with van der Waals surface area (Å²) in [6.45, 7) is 3.60. The fraction of sp³-hybridized carbons (Fsp3) is 0.286. The van der Waals surface area contributed by atoms with Crippen molar-refractivity contribution in [2.45, 2.75) is 26.9 Å². The van der Waals surface area contributed by atoms with E-state index in [1.807, 2.05) is 23.6 Å². The van der Waals surface area contributed by atoms with Gasteiger partial charge in [-0.3, -0.25) is 9.59 Å². The van der Waals surface area contributed by atoms with Crippen LogP contribution in [0, 0.1) is 25.2 Å². The van der Waals surface area contributed by atoms with Crippen LogP contribution in [0.15, 0.2) is 22.3 Å². The summed E-state index contributed by atoms with van der Waals surface area (Å²) in [5.74, 6) is -0.315. The van der Waals surface area contributed by atoms with E-state index in [9.17, 15) is 9.59 Å². The van der Waals surface area contributed by atoms with Gasteiger partial charge >= 0.3 is 0 Å². The van der Waals surface area contributed by atoms with Crippen LogP contribution in [0.5, 0.6) is 0 Å². The number of nitrogens with zero attached hydrogens (tertiary/aromatic N) is 3. The van der Waals surface area contributed by atoms with Crippen molar-refractivity contribution in [2.75, 3.05) is 0 Å². The SMILES string of the molecule is Cc1nn(CC(=O)NCc2cccs2)c(=O)c(C#N)c1C. The maximum Gasteiger partial charge on any atom is 0.285 e. The Bertz CT molecular complexity index is 757. The van der Waals surface area contributed by atoms with Gasteiger partial charge in [0.05, 0.1) is 12.2 Å². The Hall–Kier alpha value is -2.46. The number of aromatic nitrogens is 2. The normalized spacial score (nSPS) is 10.1. The number of aryl methyl sites for hydroxylation is 1. The third kappa shape index (κ3) is 3.35. The molecule has 2 aromatic rings. The van der Waals surface area contributed by atoms with Crippen molar-refractivity contribution >= 4 is 17.2 Å². The predicted octanol–water partition coefficient (Wildman–Crippen LogP) is 1.11. The van der Waals surface area contributed by atoms with Gasteiger partial charge in [0.1, 0.15) is 18.2 Å². The highest BCUT2D eigenvalue weighted by atomic mass is 32.1. The minimum absolute atomic E-state index is 0.0357. The quantitative estimate of drug-likeness (QED) is 0.916. The summed E-state index contributed by atoms with van der Waals surface area (Å²) in [7, 11) is 0. The van der Waals surface area contributed by atoms with Gasteiger partial charge in [0.2, 0.25) is 5.91 Å². The zero-order valence-corrected chi connectivity index (χ0v) is 12.5. The average molecular weight is 302 g/mol. The molecule has 0 aliphatic rings. The zero-order valence-electron chi connectivity index (χ0n) is 11.7. The van der Waals surface area contributed by atoms with E-state index in [2.05, 4.69) is 10.4 Å². The Morgan fingerprint density at radius 2 is 2.29 bits per heavy atom. The Morgan fingerprint density at radius 3 is 2.90 bits per heavy atom. The van der Waals surface area contributed by atoms with Gasteiger partial charge in [0.15, 0.2) is 0 Å². The second-order valence-electron chi connectivity index (χ2n) is 4.52. The molecule has 0 unspecified atom stereocenters. The molecular weight excluding hydrogens is 288 g/mol. The largest absolute Gasteiger partial charge is 0.350 e. The van der Waals surface area contributed by atoms with E-state index in [1.54, 1.807) is 25.2 Å². The molecule has 7 heteroatoms. The highest BCUT2D eigenvalue weighted by Crippen LogP contribution is 2.07. The topological polar surface area (TPSA) is 87.8 Å². The number of nitriles is 1. The summed E-state index contributed by atoms with van der Waals surface area (Å²) < 4.78 is 1.03. The molecule has 0 saturated carbocycles. The molecule has 0 aliphatic carbocycles. The summed E-state index contributed by atoms with van der Waals surface area (Å²) >= 11 is 1.54. The number of carbonyl (C=O) groups is 1. The van der Waals surface area contributed by atoms with Crippen molar-refractivity contribution in [1.82, 2.24) is 15.1 Å². The van der Waals surface area contributed by atoms with Crippen LogP contribution in [0.4, 0.5) is 0 Å². The fourth-order valence-electron chi connectivity index (χ4n) is 1.80. The molecule has 2 heterocycles. The summed E-state index contributed by atoms with van der Waals surface area (Å²) in [6.07, 6.45) is 0. The average Bonchev–Trinajstić information content (AvgIpc) is 2.96. The van der Waals surface area contributed by atoms with E-state index in [1.165, 1.54) is 0 Å². The van der Waals surface area contributed by atoms with Gasteiger partial charge in [0.25, 0.3) is 5.56 Å². The minimum atomic E-state index is -0.535. The van der Waals surface area contributed by atoms with Crippen LogP contribution in [0.1, 0.15) is 21.7 Å². The number of nitrogens with one attached hydrogen (secondary N) is 1. The minimum Gasteiger partial charge on any atom is -0.350 e. The van der Waals surface area contributed by atoms with E-state index < -0.39 is 5.56 Å². The van der Waals surface area contributed by atoms with Crippen molar-refractivity contribution < 1.29 is 4.79 Å². The maximum absolute atomic E-state index is 12.0. The van der Waals surface area contributed by atoms with Crippen molar-refractivity contribution in [1.29, 1.82) is 5.26 Å². The van der Waals surface area contributed by atoms with Gasteiger partial charge in [-0.25, -0.2) is 4.68 Å². The molecule has 0 radical (unpaired) electrons. The molecule has 0 spiro atoms. The number of amides is 1. The first-order valence-electron chi connectivity index (χ1n) is 6.30. The molecule has 0 atom stereocenters. The molecule has 0 fully saturated rings. The van der Waals surface area contributed by atoms with Crippen LogP contribution in [0.3, 0.4) is 0 Å². The molecule has 0 aliphatic heterocycles. The summed E-state index contributed by atoms with van der Waals surface area (Å²) in [6, 6.07) is 5.69. The molecule has 0 bridgehead atoms. The lowest BCUT2D eigenvalue weighted by molar-refractivity contribution is -0.122. The van der Waals surface area contributed by atoms with Crippen LogP contribution >= 0.6 is 11.3 Å². The van der Waals surface area contributed by atoms with E-state index in [0.717, 1.165) is 9.56 Å². The Morgan fingerprint density at radius 1 is 1.52 bits per heavy atom. The van der Waals surface area contributed by atoms with Crippen molar-refractivity contribution in [3.63, 3.8) is 0 Å². The van der Waals surface area contributed by atoms with E-state index in [-0.39, 0.29) is 18.0 Å². The molecule has 2 aromatic heterocycles. The summed E-state index contributed by atoms with van der Waals surface area (Å²) in [5.41, 5.74) is 0.621. The van der Waals surface area contributed by atoms with Crippen LogP contribution in [0.2, 0.25) is 0 Å². The monoisotopic (exact) mass is 302 g/mol. The number of hydrogen-bond donors (Lipinski definition) is 1. The highest BCUT2D eigenvalue weighted by Gasteiger charge is 2.13. The molecule has 2 rings (SSSR count). The molecule has 0 saturated heterocycles. The lowest BCUT2D eigenvalue weighted by Gasteiger charge is -2.09. The second kappa shape index (κ2) is 6.33. The Labute approximate surface area is 125 Å². The summed E-state index contributed by atoms with van der Waals surface area (Å²) in [5, 5.41) is 17.7. The van der Waals surface area contributed by atoms with Gasteiger partial charge in [-0.1, -0.05) is 6.07 Å². The third-order valence-corrected chi connectivity index (χ3v) is 3.96. The first-order valence-corrected chi connectivity index (χ1v) is 7.18. The van der Waals surface area contributed by atoms with Crippen molar-refractivity contribution in [2.24, 2.45) is 0 Å². The zero-order chi connectivity index (χ0) is 15.4. The first-order chi connectivity index (χ1) is 10.0. The molecule has 1 N–H and O–H groups in total. The van der Waals surface area contributed by atoms with E-state index in [4.69, 9.17) is 5.26 Å². The lowest BCUT2D eigenvalue weighted by atomic mass is 10.1. The van der Waals surface area contributed by atoms with Crippen LogP contribution < -0.4 is 10.9 Å². The number of rotatable bonds is 4. The smallest absolute Gasteiger partial charge is 0.285 e. The fourth-order valence-corrected chi connectivity index (χ4v) is 2.45. The predicted molar refractivity (Wildman–Crippen MR) is 78.9 cm³/mol. The highest BCUT2D eigenvalue weighted by molar-refractivity contribution is 7.09. The van der Waals surface area contributed by atoms with E-state index >= 15 is 0 Å². The molecule has 21 heavy (non-hydrogen) atoms.